The molecule has 40 heavy (non-hydrogen) atoms. The highest BCUT2D eigenvalue weighted by Gasteiger charge is 2.47. The number of hydrogen-bond acceptors (Lipinski definition) is 8. The van der Waals surface area contributed by atoms with E-state index in [1.807, 2.05) is 53.4 Å². The number of aromatic amines is 1. The first-order chi connectivity index (χ1) is 19.5. The summed E-state index contributed by atoms with van der Waals surface area (Å²) in [5.41, 5.74) is 10.4. The summed E-state index contributed by atoms with van der Waals surface area (Å²) in [5, 5.41) is 18.3. The summed E-state index contributed by atoms with van der Waals surface area (Å²) < 4.78 is 2.01. The van der Waals surface area contributed by atoms with Crippen molar-refractivity contribution in [2.45, 2.75) is 31.3 Å². The number of likely N-dealkylation sites (tertiary alicyclic amines) is 2. The third-order valence-electron chi connectivity index (χ3n) is 8.98. The van der Waals surface area contributed by atoms with Gasteiger partial charge in [0.25, 0.3) is 0 Å². The molecule has 2 saturated heterocycles. The van der Waals surface area contributed by atoms with Crippen molar-refractivity contribution in [1.82, 2.24) is 39.8 Å². The number of nitrogens with two attached hydrogens (primary N) is 1. The highest BCUT2D eigenvalue weighted by Crippen LogP contribution is 2.36. The average Bonchev–Trinajstić information content (AvgIpc) is 3.64. The Morgan fingerprint density at radius 1 is 1.30 bits per heavy atom. The monoisotopic (exact) mass is 540 g/mol. The number of nitriles is 1. The summed E-state index contributed by atoms with van der Waals surface area (Å²) in [6, 6.07) is 4.63. The molecule has 11 nitrogen and oxygen atoms in total. The van der Waals surface area contributed by atoms with E-state index in [0.29, 0.717) is 24.7 Å². The number of rotatable bonds is 7. The SMILES string of the molecule is CNCC1=CC(C#N)=CC(C(=O)N2CCC(N3CC(CN)(n4cc(-c5ncnc6[nH]ccc56)cn4)C3)CC2)C1C. The van der Waals surface area contributed by atoms with E-state index in [-0.39, 0.29) is 23.3 Å². The fraction of sp³-hybridized carbons (Fsp3) is 0.483. The number of fused-ring (bicyclic) bond motifs is 1. The van der Waals surface area contributed by atoms with Gasteiger partial charge < -0.3 is 20.9 Å². The molecule has 2 aliphatic heterocycles. The van der Waals surface area contributed by atoms with E-state index in [0.717, 1.165) is 66.9 Å². The quantitative estimate of drug-likeness (QED) is 0.410. The van der Waals surface area contributed by atoms with Crippen molar-refractivity contribution < 1.29 is 4.79 Å². The second-order valence-electron chi connectivity index (χ2n) is 11.3. The molecule has 2 unspecified atom stereocenters. The van der Waals surface area contributed by atoms with Crippen LogP contribution in [0.25, 0.3) is 22.3 Å². The topological polar surface area (TPSA) is 145 Å². The predicted octanol–water partition coefficient (Wildman–Crippen LogP) is 1.64. The minimum absolute atomic E-state index is 0.0741. The van der Waals surface area contributed by atoms with Crippen LogP contribution in [-0.4, -0.2) is 92.8 Å². The number of carbonyl (C=O) groups excluding carboxylic acids is 1. The Morgan fingerprint density at radius 3 is 2.83 bits per heavy atom. The molecule has 3 aliphatic rings. The molecule has 0 aromatic carbocycles. The Kier molecular flexibility index (Phi) is 7.00. The van der Waals surface area contributed by atoms with Gasteiger partial charge in [0.15, 0.2) is 0 Å². The van der Waals surface area contributed by atoms with E-state index in [2.05, 4.69) is 38.2 Å². The zero-order valence-electron chi connectivity index (χ0n) is 23.0. The van der Waals surface area contributed by atoms with Gasteiger partial charge in [-0.3, -0.25) is 14.4 Å². The molecule has 0 spiro atoms. The number of aromatic nitrogens is 5. The Bertz CT molecular complexity index is 1500. The second-order valence-corrected chi connectivity index (χ2v) is 11.3. The van der Waals surface area contributed by atoms with Crippen molar-refractivity contribution in [3.05, 3.63) is 54.3 Å². The summed E-state index contributed by atoms with van der Waals surface area (Å²) in [5.74, 6) is -0.0829. The van der Waals surface area contributed by atoms with Crippen LogP contribution in [0.15, 0.2) is 54.3 Å². The summed E-state index contributed by atoms with van der Waals surface area (Å²) in [6.45, 7) is 6.38. The maximum atomic E-state index is 13.5. The van der Waals surface area contributed by atoms with Gasteiger partial charge in [0.1, 0.15) is 17.5 Å². The van der Waals surface area contributed by atoms with Crippen LogP contribution in [0.3, 0.4) is 0 Å². The molecule has 11 heteroatoms. The minimum Gasteiger partial charge on any atom is -0.346 e. The molecule has 1 amide bonds. The Hall–Kier alpha value is -3.85. The number of nitrogens with one attached hydrogen (secondary N) is 2. The van der Waals surface area contributed by atoms with Gasteiger partial charge in [-0.05, 0) is 37.9 Å². The van der Waals surface area contributed by atoms with Gasteiger partial charge in [0.2, 0.25) is 5.91 Å². The van der Waals surface area contributed by atoms with Crippen molar-refractivity contribution in [1.29, 1.82) is 5.26 Å². The highest BCUT2D eigenvalue weighted by atomic mass is 16.2. The van der Waals surface area contributed by atoms with Gasteiger partial charge in [0.05, 0.1) is 23.9 Å². The molecule has 2 fully saturated rings. The van der Waals surface area contributed by atoms with Gasteiger partial charge in [-0.15, -0.1) is 0 Å². The van der Waals surface area contributed by atoms with Crippen LogP contribution in [0.4, 0.5) is 0 Å². The normalized spacial score (nSPS) is 23.4. The van der Waals surface area contributed by atoms with Crippen LogP contribution >= 0.6 is 0 Å². The average molecular weight is 541 g/mol. The largest absolute Gasteiger partial charge is 0.346 e. The molecule has 6 rings (SSSR count). The van der Waals surface area contributed by atoms with Gasteiger partial charge >= 0.3 is 0 Å². The summed E-state index contributed by atoms with van der Waals surface area (Å²) in [4.78, 5) is 29.9. The molecule has 3 aromatic heterocycles. The van der Waals surface area contributed by atoms with Crippen LogP contribution in [0.2, 0.25) is 0 Å². The fourth-order valence-electron chi connectivity index (χ4n) is 6.52. The number of amides is 1. The first-order valence-corrected chi connectivity index (χ1v) is 14.0. The standard InChI is InChI=1S/C29H36N10O/c1-19-21(12-32-2)9-20(11-30)10-25(19)28(40)37-7-4-23(5-8-37)38-16-29(15-31,17-38)39-14-22(13-36-39)26-24-3-6-33-27(24)35-18-34-26/h3,6,9-10,13-14,18-19,23,25,32H,4-5,7-8,12,15-17,31H2,1-2H3,(H,33,34,35). The van der Waals surface area contributed by atoms with Crippen molar-refractivity contribution in [2.75, 3.05) is 46.3 Å². The lowest BCUT2D eigenvalue weighted by Gasteiger charge is -2.54. The molecule has 0 radical (unpaired) electrons. The van der Waals surface area contributed by atoms with Crippen LogP contribution in [0.5, 0.6) is 0 Å². The van der Waals surface area contributed by atoms with Gasteiger partial charge in [-0.2, -0.15) is 10.4 Å². The number of H-pyrrole nitrogens is 1. The van der Waals surface area contributed by atoms with Crippen molar-refractivity contribution >= 4 is 16.9 Å². The lowest BCUT2D eigenvalue weighted by Crippen LogP contribution is -2.69. The van der Waals surface area contributed by atoms with Crippen LogP contribution in [-0.2, 0) is 10.3 Å². The minimum atomic E-state index is -0.287. The van der Waals surface area contributed by atoms with E-state index in [4.69, 9.17) is 10.8 Å². The van der Waals surface area contributed by atoms with E-state index < -0.39 is 0 Å². The molecule has 0 bridgehead atoms. The van der Waals surface area contributed by atoms with E-state index in [9.17, 15) is 10.1 Å². The van der Waals surface area contributed by atoms with E-state index in [1.165, 1.54) is 0 Å². The van der Waals surface area contributed by atoms with Gasteiger partial charge in [0, 0.05) is 74.2 Å². The zero-order chi connectivity index (χ0) is 27.9. The third kappa shape index (κ3) is 4.52. The first kappa shape index (κ1) is 26.4. The van der Waals surface area contributed by atoms with Crippen molar-refractivity contribution in [2.24, 2.45) is 17.6 Å². The fourth-order valence-corrected chi connectivity index (χ4v) is 6.52. The molecule has 5 heterocycles. The number of likely N-dealkylation sites (N-methyl/N-ethyl adjacent to an activating group) is 1. The summed E-state index contributed by atoms with van der Waals surface area (Å²) >= 11 is 0. The lowest BCUT2D eigenvalue weighted by molar-refractivity contribution is -0.137. The van der Waals surface area contributed by atoms with Gasteiger partial charge in [-0.25, -0.2) is 9.97 Å². The first-order valence-electron chi connectivity index (χ1n) is 14.0. The third-order valence-corrected chi connectivity index (χ3v) is 8.98. The molecule has 1 aliphatic carbocycles. The van der Waals surface area contributed by atoms with Crippen LogP contribution < -0.4 is 11.1 Å². The predicted molar refractivity (Wildman–Crippen MR) is 152 cm³/mol. The number of nitrogens with zero attached hydrogens (tertiary/aromatic N) is 7. The smallest absolute Gasteiger partial charge is 0.230 e. The molecule has 208 valence electrons. The molecule has 2 atom stereocenters. The van der Waals surface area contributed by atoms with E-state index >= 15 is 0 Å². The second kappa shape index (κ2) is 10.6. The number of piperidine rings is 1. The van der Waals surface area contributed by atoms with E-state index in [1.54, 1.807) is 6.33 Å². The number of hydrogen-bond donors (Lipinski definition) is 3. The molecule has 4 N–H and O–H groups in total. The van der Waals surface area contributed by atoms with Gasteiger partial charge in [-0.1, -0.05) is 18.6 Å². The van der Waals surface area contributed by atoms with Crippen LogP contribution in [0.1, 0.15) is 19.8 Å². The molecular weight excluding hydrogens is 504 g/mol. The summed E-state index contributed by atoms with van der Waals surface area (Å²) in [6.07, 6.45) is 13.0. The van der Waals surface area contributed by atoms with Crippen LogP contribution in [0, 0.1) is 23.2 Å². The van der Waals surface area contributed by atoms with Crippen molar-refractivity contribution in [3.63, 3.8) is 0 Å². The number of carbonyl (C=O) groups is 1. The maximum Gasteiger partial charge on any atom is 0.230 e. The molecule has 3 aromatic rings. The Labute approximate surface area is 233 Å². The Morgan fingerprint density at radius 2 is 2.10 bits per heavy atom. The maximum absolute atomic E-state index is 13.5. The number of allylic oxidation sites excluding steroid dienone is 2. The Balaban J connectivity index is 1.08. The molecular formula is C29H36N10O. The summed E-state index contributed by atoms with van der Waals surface area (Å²) in [7, 11) is 1.89. The highest BCUT2D eigenvalue weighted by molar-refractivity contribution is 5.90. The molecule has 0 saturated carbocycles. The zero-order valence-corrected chi connectivity index (χ0v) is 23.0. The lowest BCUT2D eigenvalue weighted by atomic mass is 9.80. The van der Waals surface area contributed by atoms with Crippen molar-refractivity contribution in [3.8, 4) is 17.3 Å².